The molecule has 1 saturated heterocycles. The zero-order chi connectivity index (χ0) is 18.4. The highest BCUT2D eigenvalue weighted by atomic mass is 16.6. The van der Waals surface area contributed by atoms with Gasteiger partial charge in [-0.05, 0) is 49.8 Å². The second kappa shape index (κ2) is 8.74. The van der Waals surface area contributed by atoms with E-state index >= 15 is 0 Å². The quantitative estimate of drug-likeness (QED) is 0.765. The molecule has 1 amide bonds. The minimum absolute atomic E-state index is 0.276. The number of nitrogens with zero attached hydrogens (tertiary/aromatic N) is 1. The number of likely N-dealkylation sites (tertiary alicyclic amines) is 1. The van der Waals surface area contributed by atoms with E-state index in [1.54, 1.807) is 12.0 Å². The standard InChI is InChI=1S/C19H27NO5/c1-13-10-15(11-14(2)17(13)23-3)12-16(18(21)24-4)25-19(22)20-8-6-5-7-9-20/h10-11,16H,5-9,12H2,1-4H3/t16-/m1/s1. The van der Waals surface area contributed by atoms with Gasteiger partial charge >= 0.3 is 12.1 Å². The molecule has 6 nitrogen and oxygen atoms in total. The molecule has 0 spiro atoms. The Morgan fingerprint density at radius 1 is 1.08 bits per heavy atom. The Labute approximate surface area is 149 Å². The number of ether oxygens (including phenoxy) is 3. The van der Waals surface area contributed by atoms with E-state index < -0.39 is 18.2 Å². The third kappa shape index (κ3) is 4.87. The second-order valence-corrected chi connectivity index (χ2v) is 6.41. The van der Waals surface area contributed by atoms with Gasteiger partial charge in [0.1, 0.15) is 5.75 Å². The van der Waals surface area contributed by atoms with Crippen molar-refractivity contribution in [1.82, 2.24) is 4.90 Å². The molecule has 6 heteroatoms. The van der Waals surface area contributed by atoms with Gasteiger partial charge < -0.3 is 19.1 Å². The van der Waals surface area contributed by atoms with Crippen LogP contribution in [-0.2, 0) is 20.7 Å². The molecule has 0 bridgehead atoms. The van der Waals surface area contributed by atoms with E-state index in [-0.39, 0.29) is 6.42 Å². The van der Waals surface area contributed by atoms with Gasteiger partial charge in [-0.3, -0.25) is 0 Å². The normalized spacial score (nSPS) is 15.4. The largest absolute Gasteiger partial charge is 0.496 e. The molecule has 1 aromatic rings. The number of methoxy groups -OCH3 is 2. The van der Waals surface area contributed by atoms with E-state index in [1.807, 2.05) is 26.0 Å². The number of carbonyl (C=O) groups is 2. The fourth-order valence-electron chi connectivity index (χ4n) is 3.27. The van der Waals surface area contributed by atoms with Crippen molar-refractivity contribution in [2.75, 3.05) is 27.3 Å². The van der Waals surface area contributed by atoms with Gasteiger partial charge in [0.05, 0.1) is 14.2 Å². The third-order valence-corrected chi connectivity index (χ3v) is 4.47. The van der Waals surface area contributed by atoms with Crippen LogP contribution in [0.15, 0.2) is 12.1 Å². The molecule has 0 N–H and O–H groups in total. The van der Waals surface area contributed by atoms with Gasteiger partial charge in [-0.25, -0.2) is 9.59 Å². The minimum atomic E-state index is -0.952. The van der Waals surface area contributed by atoms with E-state index in [1.165, 1.54) is 7.11 Å². The molecule has 0 unspecified atom stereocenters. The first kappa shape index (κ1) is 19.1. The predicted octanol–water partition coefficient (Wildman–Crippen LogP) is 3.02. The van der Waals surface area contributed by atoms with Gasteiger partial charge in [-0.15, -0.1) is 0 Å². The van der Waals surface area contributed by atoms with Gasteiger partial charge in [0.25, 0.3) is 0 Å². The summed E-state index contributed by atoms with van der Waals surface area (Å²) < 4.78 is 15.6. The van der Waals surface area contributed by atoms with Gasteiger partial charge in [-0.2, -0.15) is 0 Å². The van der Waals surface area contributed by atoms with Crippen LogP contribution in [0.5, 0.6) is 5.75 Å². The summed E-state index contributed by atoms with van der Waals surface area (Å²) in [5.74, 6) is 0.278. The van der Waals surface area contributed by atoms with Crippen molar-refractivity contribution in [2.45, 2.75) is 45.6 Å². The molecule has 1 fully saturated rings. The van der Waals surface area contributed by atoms with Crippen LogP contribution in [0.4, 0.5) is 4.79 Å². The third-order valence-electron chi connectivity index (χ3n) is 4.47. The van der Waals surface area contributed by atoms with Crippen LogP contribution in [0, 0.1) is 13.8 Å². The van der Waals surface area contributed by atoms with Gasteiger partial charge in [0, 0.05) is 19.5 Å². The Balaban J connectivity index is 2.12. The van der Waals surface area contributed by atoms with Crippen molar-refractivity contribution in [3.05, 3.63) is 28.8 Å². The minimum Gasteiger partial charge on any atom is -0.496 e. The Hall–Kier alpha value is -2.24. The molecule has 1 aliphatic rings. The number of carbonyl (C=O) groups excluding carboxylic acids is 2. The molecule has 0 aromatic heterocycles. The first-order chi connectivity index (χ1) is 12.0. The first-order valence-electron chi connectivity index (χ1n) is 8.63. The van der Waals surface area contributed by atoms with Crippen molar-refractivity contribution in [3.8, 4) is 5.75 Å². The Bertz CT molecular complexity index is 599. The average molecular weight is 349 g/mol. The summed E-state index contributed by atoms with van der Waals surface area (Å²) in [6.45, 7) is 5.24. The smallest absolute Gasteiger partial charge is 0.410 e. The van der Waals surface area contributed by atoms with E-state index in [9.17, 15) is 9.59 Å². The van der Waals surface area contributed by atoms with Gasteiger partial charge in [0.2, 0.25) is 6.10 Å². The van der Waals surface area contributed by atoms with E-state index in [2.05, 4.69) is 0 Å². The van der Waals surface area contributed by atoms with Crippen LogP contribution >= 0.6 is 0 Å². The zero-order valence-electron chi connectivity index (χ0n) is 15.5. The molecule has 0 aliphatic carbocycles. The SMILES string of the molecule is COC(=O)[C@@H](Cc1cc(C)c(OC)c(C)c1)OC(=O)N1CCCCC1. The average Bonchev–Trinajstić information content (AvgIpc) is 2.61. The number of esters is 1. The lowest BCUT2D eigenvalue weighted by molar-refractivity contribution is -0.151. The van der Waals surface area contributed by atoms with Crippen molar-refractivity contribution in [2.24, 2.45) is 0 Å². The number of aryl methyl sites for hydroxylation is 2. The topological polar surface area (TPSA) is 65.1 Å². The van der Waals surface area contributed by atoms with Crippen LogP contribution in [0.1, 0.15) is 36.0 Å². The highest BCUT2D eigenvalue weighted by Gasteiger charge is 2.28. The first-order valence-corrected chi connectivity index (χ1v) is 8.63. The Kier molecular flexibility index (Phi) is 6.67. The summed E-state index contributed by atoms with van der Waals surface area (Å²) in [6.07, 6.45) is 1.93. The van der Waals surface area contributed by atoms with Crippen LogP contribution in [0.2, 0.25) is 0 Å². The number of hydrogen-bond acceptors (Lipinski definition) is 5. The second-order valence-electron chi connectivity index (χ2n) is 6.41. The monoisotopic (exact) mass is 349 g/mol. The van der Waals surface area contributed by atoms with E-state index in [4.69, 9.17) is 14.2 Å². The summed E-state index contributed by atoms with van der Waals surface area (Å²) in [5, 5.41) is 0. The maximum absolute atomic E-state index is 12.3. The number of rotatable bonds is 5. The summed E-state index contributed by atoms with van der Waals surface area (Å²) in [6, 6.07) is 3.88. The maximum atomic E-state index is 12.3. The molecule has 1 aliphatic heterocycles. The summed E-state index contributed by atoms with van der Waals surface area (Å²) >= 11 is 0. The molecule has 138 valence electrons. The molecular weight excluding hydrogens is 322 g/mol. The Morgan fingerprint density at radius 3 is 2.20 bits per heavy atom. The van der Waals surface area contributed by atoms with Gasteiger partial charge in [0.15, 0.2) is 0 Å². The van der Waals surface area contributed by atoms with E-state index in [0.717, 1.165) is 41.7 Å². The summed E-state index contributed by atoms with van der Waals surface area (Å²) in [4.78, 5) is 26.1. The van der Waals surface area contributed by atoms with Crippen molar-refractivity contribution in [1.29, 1.82) is 0 Å². The highest BCUT2D eigenvalue weighted by Crippen LogP contribution is 2.25. The lowest BCUT2D eigenvalue weighted by Crippen LogP contribution is -2.40. The van der Waals surface area contributed by atoms with Crippen molar-refractivity contribution < 1.29 is 23.8 Å². The molecule has 1 aromatic carbocycles. The molecule has 1 atom stereocenters. The Morgan fingerprint density at radius 2 is 1.68 bits per heavy atom. The fourth-order valence-corrected chi connectivity index (χ4v) is 3.27. The summed E-state index contributed by atoms with van der Waals surface area (Å²) in [5.41, 5.74) is 2.85. The number of benzene rings is 1. The molecule has 0 radical (unpaired) electrons. The molecular formula is C19H27NO5. The number of amides is 1. The molecule has 25 heavy (non-hydrogen) atoms. The molecule has 2 rings (SSSR count). The zero-order valence-corrected chi connectivity index (χ0v) is 15.5. The number of hydrogen-bond donors (Lipinski definition) is 0. The van der Waals surface area contributed by atoms with Crippen molar-refractivity contribution >= 4 is 12.1 Å². The lowest BCUT2D eigenvalue weighted by Gasteiger charge is -2.27. The number of piperidine rings is 1. The van der Waals surface area contributed by atoms with Crippen LogP contribution in [-0.4, -0.2) is 50.4 Å². The fraction of sp³-hybridized carbons (Fsp3) is 0.579. The summed E-state index contributed by atoms with van der Waals surface area (Å²) in [7, 11) is 2.93. The van der Waals surface area contributed by atoms with Crippen molar-refractivity contribution in [3.63, 3.8) is 0 Å². The molecule has 1 heterocycles. The van der Waals surface area contributed by atoms with Crippen LogP contribution < -0.4 is 4.74 Å². The predicted molar refractivity (Wildman–Crippen MR) is 93.9 cm³/mol. The maximum Gasteiger partial charge on any atom is 0.410 e. The highest BCUT2D eigenvalue weighted by molar-refractivity contribution is 5.79. The molecule has 0 saturated carbocycles. The van der Waals surface area contributed by atoms with Crippen LogP contribution in [0.25, 0.3) is 0 Å². The lowest BCUT2D eigenvalue weighted by atomic mass is 10.0. The van der Waals surface area contributed by atoms with Crippen LogP contribution in [0.3, 0.4) is 0 Å². The van der Waals surface area contributed by atoms with E-state index in [0.29, 0.717) is 13.1 Å². The van der Waals surface area contributed by atoms with Gasteiger partial charge in [-0.1, -0.05) is 12.1 Å².